The Labute approximate surface area is 103 Å². The highest BCUT2D eigenvalue weighted by molar-refractivity contribution is 7.71. The molecule has 1 aliphatic heterocycles. The zero-order valence-electron chi connectivity index (χ0n) is 10.1. The fourth-order valence-corrected chi connectivity index (χ4v) is 2.68. The van der Waals surface area contributed by atoms with Crippen LogP contribution in [0.4, 0.5) is 0 Å². The number of hydrogen-bond acceptors (Lipinski definition) is 2. The van der Waals surface area contributed by atoms with Crippen molar-refractivity contribution in [3.8, 4) is 0 Å². The average Bonchev–Trinajstić information content (AvgIpc) is 2.32. The topological polar surface area (TPSA) is 19.0 Å². The van der Waals surface area contributed by atoms with Gasteiger partial charge in [-0.1, -0.05) is 31.6 Å². The number of rotatable bonds is 2. The molecule has 0 unspecified atom stereocenters. The third-order valence-electron chi connectivity index (χ3n) is 3.52. The van der Waals surface area contributed by atoms with E-state index in [2.05, 4.69) is 36.0 Å². The van der Waals surface area contributed by atoms with Gasteiger partial charge in [0.1, 0.15) is 4.64 Å². The predicted octanol–water partition coefficient (Wildman–Crippen LogP) is 3.60. The van der Waals surface area contributed by atoms with E-state index < -0.39 is 0 Å². The first-order chi connectivity index (χ1) is 7.72. The van der Waals surface area contributed by atoms with Crippen molar-refractivity contribution in [2.75, 3.05) is 13.1 Å². The summed E-state index contributed by atoms with van der Waals surface area (Å²) < 4.78 is 0.864. The van der Waals surface area contributed by atoms with Crippen LogP contribution in [0.5, 0.6) is 0 Å². The summed E-state index contributed by atoms with van der Waals surface area (Å²) in [6.45, 7) is 6.70. The number of nitrogens with one attached hydrogen (secondary N) is 1. The monoisotopic (exact) mass is 236 g/mol. The van der Waals surface area contributed by atoms with Crippen LogP contribution in [0.2, 0.25) is 0 Å². The molecule has 16 heavy (non-hydrogen) atoms. The van der Waals surface area contributed by atoms with Gasteiger partial charge in [-0.2, -0.15) is 0 Å². The van der Waals surface area contributed by atoms with E-state index in [9.17, 15) is 0 Å². The number of hydrogen-bond donors (Lipinski definition) is 1. The summed E-state index contributed by atoms with van der Waals surface area (Å²) in [5.41, 5.74) is 2.58. The minimum atomic E-state index is 0.587. The second kappa shape index (κ2) is 5.11. The van der Waals surface area contributed by atoms with Gasteiger partial charge in [0.25, 0.3) is 0 Å². The SMILES string of the molecule is CCN1CCCC[C@H]1c1c[nH]c(=S)c(C)c1. The Morgan fingerprint density at radius 3 is 3.00 bits per heavy atom. The molecule has 1 aromatic heterocycles. The van der Waals surface area contributed by atoms with E-state index >= 15 is 0 Å². The summed E-state index contributed by atoms with van der Waals surface area (Å²) in [7, 11) is 0. The molecule has 1 saturated heterocycles. The molecule has 88 valence electrons. The van der Waals surface area contributed by atoms with Crippen molar-refractivity contribution in [1.29, 1.82) is 0 Å². The number of likely N-dealkylation sites (tertiary alicyclic amines) is 1. The van der Waals surface area contributed by atoms with Gasteiger partial charge in [-0.3, -0.25) is 4.90 Å². The quantitative estimate of drug-likeness (QED) is 0.791. The number of aromatic amines is 1. The van der Waals surface area contributed by atoms with E-state index in [4.69, 9.17) is 12.2 Å². The van der Waals surface area contributed by atoms with Crippen LogP contribution in [0.3, 0.4) is 0 Å². The second-order valence-corrected chi connectivity index (χ2v) is 4.99. The number of piperidine rings is 1. The average molecular weight is 236 g/mol. The zero-order valence-corrected chi connectivity index (χ0v) is 10.9. The number of aryl methyl sites for hydroxylation is 1. The summed E-state index contributed by atoms with van der Waals surface area (Å²) in [4.78, 5) is 5.76. The van der Waals surface area contributed by atoms with Gasteiger partial charge in [-0.05, 0) is 44.0 Å². The Morgan fingerprint density at radius 1 is 1.50 bits per heavy atom. The molecule has 1 aromatic rings. The van der Waals surface area contributed by atoms with Crippen LogP contribution in [0.1, 0.15) is 43.4 Å². The smallest absolute Gasteiger partial charge is 0.106 e. The lowest BCUT2D eigenvalue weighted by Gasteiger charge is -2.35. The molecule has 0 aliphatic carbocycles. The Balaban J connectivity index is 2.27. The first-order valence-electron chi connectivity index (χ1n) is 6.15. The number of nitrogens with zero attached hydrogens (tertiary/aromatic N) is 1. The van der Waals surface area contributed by atoms with Gasteiger partial charge < -0.3 is 4.98 Å². The molecule has 0 bridgehead atoms. The van der Waals surface area contributed by atoms with E-state index in [1.165, 1.54) is 36.9 Å². The van der Waals surface area contributed by atoms with Crippen molar-refractivity contribution in [2.45, 2.75) is 39.2 Å². The normalized spacial score (nSPS) is 22.2. The standard InChI is InChI=1S/C13H20N2S/c1-3-15-7-5-4-6-12(15)11-8-10(2)13(16)14-9-11/h8-9,12H,3-7H2,1-2H3,(H,14,16)/t12-/m0/s1. The highest BCUT2D eigenvalue weighted by Crippen LogP contribution is 2.30. The highest BCUT2D eigenvalue weighted by Gasteiger charge is 2.22. The van der Waals surface area contributed by atoms with E-state index in [1.807, 2.05) is 0 Å². The molecular weight excluding hydrogens is 216 g/mol. The summed E-state index contributed by atoms with van der Waals surface area (Å²) in [6.07, 6.45) is 6.05. The number of pyridine rings is 1. The first kappa shape index (κ1) is 11.8. The second-order valence-electron chi connectivity index (χ2n) is 4.59. The Bertz CT molecular complexity index is 411. The molecule has 2 heterocycles. The van der Waals surface area contributed by atoms with Gasteiger partial charge in [0.05, 0.1) is 0 Å². The summed E-state index contributed by atoms with van der Waals surface area (Å²) >= 11 is 5.20. The molecule has 0 amide bonds. The summed E-state index contributed by atoms with van der Waals surface area (Å²) in [6, 6.07) is 2.83. The fraction of sp³-hybridized carbons (Fsp3) is 0.615. The predicted molar refractivity (Wildman–Crippen MR) is 70.2 cm³/mol. The molecule has 0 spiro atoms. The van der Waals surface area contributed by atoms with Crippen LogP contribution in [0, 0.1) is 11.6 Å². The minimum absolute atomic E-state index is 0.587. The fourth-order valence-electron chi connectivity index (χ4n) is 2.56. The Kier molecular flexibility index (Phi) is 3.77. The van der Waals surface area contributed by atoms with E-state index in [0.717, 1.165) is 11.2 Å². The molecule has 1 atom stereocenters. The van der Waals surface area contributed by atoms with Gasteiger partial charge in [-0.15, -0.1) is 0 Å². The van der Waals surface area contributed by atoms with Crippen molar-refractivity contribution >= 4 is 12.2 Å². The molecule has 1 aliphatic rings. The molecular formula is C13H20N2S. The van der Waals surface area contributed by atoms with E-state index in [-0.39, 0.29) is 0 Å². The molecule has 3 heteroatoms. The minimum Gasteiger partial charge on any atom is -0.352 e. The molecule has 0 aromatic carbocycles. The lowest BCUT2D eigenvalue weighted by atomic mass is 9.96. The van der Waals surface area contributed by atoms with Crippen molar-refractivity contribution in [2.24, 2.45) is 0 Å². The molecule has 1 N–H and O–H groups in total. The maximum absolute atomic E-state index is 5.20. The van der Waals surface area contributed by atoms with Gasteiger partial charge in [0.15, 0.2) is 0 Å². The first-order valence-corrected chi connectivity index (χ1v) is 6.56. The van der Waals surface area contributed by atoms with Gasteiger partial charge >= 0.3 is 0 Å². The summed E-state index contributed by atoms with van der Waals surface area (Å²) in [5.74, 6) is 0. The summed E-state index contributed by atoms with van der Waals surface area (Å²) in [5, 5.41) is 0. The van der Waals surface area contributed by atoms with Crippen LogP contribution in [-0.2, 0) is 0 Å². The van der Waals surface area contributed by atoms with E-state index in [0.29, 0.717) is 6.04 Å². The molecule has 2 nitrogen and oxygen atoms in total. The third kappa shape index (κ3) is 2.36. The Morgan fingerprint density at radius 2 is 2.31 bits per heavy atom. The zero-order chi connectivity index (χ0) is 11.5. The van der Waals surface area contributed by atoms with Crippen LogP contribution < -0.4 is 0 Å². The van der Waals surface area contributed by atoms with E-state index in [1.54, 1.807) is 0 Å². The molecule has 0 saturated carbocycles. The third-order valence-corrected chi connectivity index (χ3v) is 3.96. The lowest BCUT2D eigenvalue weighted by molar-refractivity contribution is 0.157. The van der Waals surface area contributed by atoms with Crippen molar-refractivity contribution in [3.63, 3.8) is 0 Å². The number of H-pyrrole nitrogens is 1. The lowest BCUT2D eigenvalue weighted by Crippen LogP contribution is -2.33. The molecule has 2 rings (SSSR count). The van der Waals surface area contributed by atoms with Crippen LogP contribution in [0.15, 0.2) is 12.3 Å². The maximum Gasteiger partial charge on any atom is 0.106 e. The largest absolute Gasteiger partial charge is 0.352 e. The van der Waals surface area contributed by atoms with Gasteiger partial charge in [-0.25, -0.2) is 0 Å². The van der Waals surface area contributed by atoms with Gasteiger partial charge in [0, 0.05) is 12.2 Å². The Hall–Kier alpha value is -0.670. The van der Waals surface area contributed by atoms with Crippen molar-refractivity contribution < 1.29 is 0 Å². The highest BCUT2D eigenvalue weighted by atomic mass is 32.1. The maximum atomic E-state index is 5.20. The van der Waals surface area contributed by atoms with Crippen molar-refractivity contribution in [1.82, 2.24) is 9.88 Å². The van der Waals surface area contributed by atoms with Crippen LogP contribution >= 0.6 is 12.2 Å². The number of aromatic nitrogens is 1. The van der Waals surface area contributed by atoms with Crippen molar-refractivity contribution in [3.05, 3.63) is 28.0 Å². The van der Waals surface area contributed by atoms with Crippen LogP contribution in [0.25, 0.3) is 0 Å². The molecule has 1 fully saturated rings. The van der Waals surface area contributed by atoms with Gasteiger partial charge in [0.2, 0.25) is 0 Å². The molecule has 0 radical (unpaired) electrons. The van der Waals surface area contributed by atoms with Crippen LogP contribution in [-0.4, -0.2) is 23.0 Å².